The van der Waals surface area contributed by atoms with Crippen molar-refractivity contribution in [3.05, 3.63) is 58.6 Å². The first kappa shape index (κ1) is 13.3. The highest BCUT2D eigenvalue weighted by atomic mass is 79.9. The number of hydrogen-bond acceptors (Lipinski definition) is 2. The molecule has 0 unspecified atom stereocenters. The molecule has 0 saturated heterocycles. The van der Waals surface area contributed by atoms with Gasteiger partial charge < -0.3 is 4.74 Å². The Morgan fingerprint density at radius 2 is 2.11 bits per heavy atom. The van der Waals surface area contributed by atoms with Crippen LogP contribution < -0.4 is 4.74 Å². The fourth-order valence-electron chi connectivity index (χ4n) is 1.40. The number of nitrogens with zero attached hydrogens (tertiary/aromatic N) is 1. The zero-order chi connectivity index (χ0) is 13.0. The van der Waals surface area contributed by atoms with Crippen LogP contribution in [-0.2, 0) is 11.9 Å². The Balaban J connectivity index is 2.04. The second-order valence-corrected chi connectivity index (χ2v) is 4.59. The summed E-state index contributed by atoms with van der Waals surface area (Å²) < 4.78 is 19.0. The number of aromatic nitrogens is 1. The SMILES string of the molecule is Fc1c(Cl)cccc1COc1ccc(CBr)nc1. The van der Waals surface area contributed by atoms with E-state index >= 15 is 0 Å². The van der Waals surface area contributed by atoms with E-state index < -0.39 is 5.82 Å². The highest BCUT2D eigenvalue weighted by molar-refractivity contribution is 9.08. The van der Waals surface area contributed by atoms with E-state index in [1.54, 1.807) is 24.4 Å². The molecule has 5 heteroatoms. The average molecular weight is 331 g/mol. The van der Waals surface area contributed by atoms with Gasteiger partial charge in [-0.15, -0.1) is 0 Å². The third-order valence-electron chi connectivity index (χ3n) is 2.36. The molecule has 1 aromatic carbocycles. The maximum Gasteiger partial charge on any atom is 0.148 e. The second-order valence-electron chi connectivity index (χ2n) is 3.62. The summed E-state index contributed by atoms with van der Waals surface area (Å²) in [5.74, 6) is 0.156. The van der Waals surface area contributed by atoms with E-state index in [1.165, 1.54) is 6.07 Å². The van der Waals surface area contributed by atoms with Gasteiger partial charge in [-0.05, 0) is 18.2 Å². The highest BCUT2D eigenvalue weighted by Gasteiger charge is 2.06. The average Bonchev–Trinajstić information content (AvgIpc) is 2.41. The molecule has 0 aliphatic carbocycles. The number of halogens is 3. The summed E-state index contributed by atoms with van der Waals surface area (Å²) in [4.78, 5) is 4.16. The summed E-state index contributed by atoms with van der Waals surface area (Å²) in [7, 11) is 0. The number of ether oxygens (including phenoxy) is 1. The molecule has 0 bridgehead atoms. The van der Waals surface area contributed by atoms with Crippen molar-refractivity contribution in [2.45, 2.75) is 11.9 Å². The van der Waals surface area contributed by atoms with Crippen LogP contribution in [0.5, 0.6) is 5.75 Å². The molecule has 1 aromatic heterocycles. The fraction of sp³-hybridized carbons (Fsp3) is 0.154. The van der Waals surface area contributed by atoms with Crippen molar-refractivity contribution < 1.29 is 9.13 Å². The minimum absolute atomic E-state index is 0.101. The third-order valence-corrected chi connectivity index (χ3v) is 3.23. The Kier molecular flexibility index (Phi) is 4.55. The smallest absolute Gasteiger partial charge is 0.148 e. The van der Waals surface area contributed by atoms with Gasteiger partial charge in [-0.2, -0.15) is 0 Å². The highest BCUT2D eigenvalue weighted by Crippen LogP contribution is 2.20. The monoisotopic (exact) mass is 329 g/mol. The molecule has 0 aliphatic rings. The molecule has 0 radical (unpaired) electrons. The number of pyridine rings is 1. The molecule has 94 valence electrons. The van der Waals surface area contributed by atoms with E-state index in [-0.39, 0.29) is 11.6 Å². The first-order valence-electron chi connectivity index (χ1n) is 5.27. The summed E-state index contributed by atoms with van der Waals surface area (Å²) in [6, 6.07) is 8.48. The third kappa shape index (κ3) is 3.21. The van der Waals surface area contributed by atoms with Crippen molar-refractivity contribution >= 4 is 27.5 Å². The van der Waals surface area contributed by atoms with Crippen molar-refractivity contribution in [2.75, 3.05) is 0 Å². The van der Waals surface area contributed by atoms with Gasteiger partial charge in [0.25, 0.3) is 0 Å². The van der Waals surface area contributed by atoms with Gasteiger partial charge in [-0.1, -0.05) is 39.7 Å². The Morgan fingerprint density at radius 1 is 1.28 bits per heavy atom. The summed E-state index contributed by atoms with van der Waals surface area (Å²) in [6.45, 7) is 0.127. The van der Waals surface area contributed by atoms with Gasteiger partial charge in [0.15, 0.2) is 0 Å². The van der Waals surface area contributed by atoms with E-state index in [1.807, 2.05) is 6.07 Å². The minimum atomic E-state index is -0.441. The standard InChI is InChI=1S/C13H10BrClFNO/c14-6-10-4-5-11(7-17-10)18-8-9-2-1-3-12(15)13(9)16/h1-5,7H,6,8H2. The molecule has 1 heterocycles. The first-order chi connectivity index (χ1) is 8.70. The number of benzene rings is 1. The lowest BCUT2D eigenvalue weighted by molar-refractivity contribution is 0.298. The predicted octanol–water partition coefficient (Wildman–Crippen LogP) is 4.35. The number of alkyl halides is 1. The largest absolute Gasteiger partial charge is 0.487 e. The number of rotatable bonds is 4. The van der Waals surface area contributed by atoms with Crippen LogP contribution in [0.1, 0.15) is 11.3 Å². The minimum Gasteiger partial charge on any atom is -0.487 e. The van der Waals surface area contributed by atoms with Crippen LogP contribution in [0, 0.1) is 5.82 Å². The van der Waals surface area contributed by atoms with Gasteiger partial charge in [0.2, 0.25) is 0 Å². The van der Waals surface area contributed by atoms with Gasteiger partial charge in [0, 0.05) is 10.9 Å². The van der Waals surface area contributed by atoms with Crippen LogP contribution in [0.3, 0.4) is 0 Å². The molecule has 0 spiro atoms. The molecule has 2 rings (SSSR count). The second kappa shape index (κ2) is 6.16. The van der Waals surface area contributed by atoms with Gasteiger partial charge in [-0.25, -0.2) is 4.39 Å². The maximum atomic E-state index is 13.6. The summed E-state index contributed by atoms with van der Waals surface area (Å²) in [5, 5.41) is 0.791. The van der Waals surface area contributed by atoms with Crippen LogP contribution in [0.2, 0.25) is 5.02 Å². The Labute approximate surface area is 118 Å². The number of hydrogen-bond donors (Lipinski definition) is 0. The normalized spacial score (nSPS) is 10.4. The predicted molar refractivity (Wildman–Crippen MR) is 72.6 cm³/mol. The van der Waals surface area contributed by atoms with Gasteiger partial charge in [-0.3, -0.25) is 4.98 Å². The van der Waals surface area contributed by atoms with Crippen molar-refractivity contribution in [1.29, 1.82) is 0 Å². The molecule has 2 aromatic rings. The van der Waals surface area contributed by atoms with Crippen LogP contribution >= 0.6 is 27.5 Å². The van der Waals surface area contributed by atoms with Gasteiger partial charge in [0.05, 0.1) is 16.9 Å². The Hall–Kier alpha value is -1.13. The van der Waals surface area contributed by atoms with E-state index in [2.05, 4.69) is 20.9 Å². The molecular formula is C13H10BrClFNO. The molecule has 0 saturated carbocycles. The Morgan fingerprint density at radius 3 is 2.78 bits per heavy atom. The van der Waals surface area contributed by atoms with E-state index in [4.69, 9.17) is 16.3 Å². The van der Waals surface area contributed by atoms with Gasteiger partial charge >= 0.3 is 0 Å². The van der Waals surface area contributed by atoms with Crippen LogP contribution in [0.15, 0.2) is 36.5 Å². The zero-order valence-corrected chi connectivity index (χ0v) is 11.7. The molecule has 0 atom stereocenters. The summed E-state index contributed by atoms with van der Waals surface area (Å²) in [5.41, 5.74) is 1.34. The quantitative estimate of drug-likeness (QED) is 0.778. The van der Waals surface area contributed by atoms with E-state index in [9.17, 15) is 4.39 Å². The van der Waals surface area contributed by atoms with Crippen molar-refractivity contribution in [3.63, 3.8) is 0 Å². The lowest BCUT2D eigenvalue weighted by Gasteiger charge is -2.07. The summed E-state index contributed by atoms with van der Waals surface area (Å²) in [6.07, 6.45) is 1.61. The fourth-order valence-corrected chi connectivity index (χ4v) is 1.92. The molecular weight excluding hydrogens is 321 g/mol. The first-order valence-corrected chi connectivity index (χ1v) is 6.77. The lowest BCUT2D eigenvalue weighted by atomic mass is 10.2. The topological polar surface area (TPSA) is 22.1 Å². The Bertz CT molecular complexity index is 533. The van der Waals surface area contributed by atoms with Crippen molar-refractivity contribution in [1.82, 2.24) is 4.98 Å². The van der Waals surface area contributed by atoms with E-state index in [0.29, 0.717) is 16.6 Å². The van der Waals surface area contributed by atoms with Gasteiger partial charge in [0.1, 0.15) is 18.2 Å². The van der Waals surface area contributed by atoms with Crippen molar-refractivity contribution in [2.24, 2.45) is 0 Å². The van der Waals surface area contributed by atoms with Crippen LogP contribution in [0.25, 0.3) is 0 Å². The van der Waals surface area contributed by atoms with Crippen molar-refractivity contribution in [3.8, 4) is 5.75 Å². The molecule has 0 fully saturated rings. The maximum absolute atomic E-state index is 13.6. The van der Waals surface area contributed by atoms with Crippen LogP contribution in [0.4, 0.5) is 4.39 Å². The lowest BCUT2D eigenvalue weighted by Crippen LogP contribution is -1.99. The molecule has 0 aliphatic heterocycles. The molecule has 0 N–H and O–H groups in total. The molecule has 2 nitrogen and oxygen atoms in total. The summed E-state index contributed by atoms with van der Waals surface area (Å²) >= 11 is 8.99. The van der Waals surface area contributed by atoms with Crippen LogP contribution in [-0.4, -0.2) is 4.98 Å². The molecule has 18 heavy (non-hydrogen) atoms. The van der Waals surface area contributed by atoms with E-state index in [0.717, 1.165) is 5.69 Å². The molecule has 0 amide bonds. The zero-order valence-electron chi connectivity index (χ0n) is 9.37.